The number of carbonyl (C=O) groups excluding carboxylic acids is 1. The van der Waals surface area contributed by atoms with E-state index < -0.39 is 0 Å². The summed E-state index contributed by atoms with van der Waals surface area (Å²) >= 11 is 3.29. The van der Waals surface area contributed by atoms with Crippen LogP contribution in [0.15, 0.2) is 41.1 Å². The lowest BCUT2D eigenvalue weighted by molar-refractivity contribution is 0.102. The predicted molar refractivity (Wildman–Crippen MR) is 68.5 cm³/mol. The van der Waals surface area contributed by atoms with E-state index in [0.717, 1.165) is 4.47 Å². The quantitative estimate of drug-likeness (QED) is 0.831. The van der Waals surface area contributed by atoms with E-state index in [9.17, 15) is 4.79 Å². The molecule has 1 heterocycles. The molecular formula is C11H9BrN4O. The molecule has 0 aliphatic heterocycles. The number of nitrogens with one attached hydrogen (secondary N) is 1. The van der Waals surface area contributed by atoms with Gasteiger partial charge in [-0.3, -0.25) is 4.79 Å². The standard InChI is InChI=1S/C11H9BrN4O/c12-9-5-8(1-2-10(9)13)16-11(17)7-3-4-14-15-6-7/h1-6H,13H2,(H,16,17). The van der Waals surface area contributed by atoms with Crippen LogP contribution in [0.1, 0.15) is 10.4 Å². The van der Waals surface area contributed by atoms with Crippen molar-refractivity contribution in [2.75, 3.05) is 11.1 Å². The van der Waals surface area contributed by atoms with Gasteiger partial charge in [0, 0.05) is 15.8 Å². The van der Waals surface area contributed by atoms with Crippen LogP contribution in [0.4, 0.5) is 11.4 Å². The van der Waals surface area contributed by atoms with Gasteiger partial charge in [0.1, 0.15) is 0 Å². The molecule has 0 radical (unpaired) electrons. The number of benzene rings is 1. The Bertz CT molecular complexity index is 544. The number of nitrogen functional groups attached to an aromatic ring is 1. The minimum Gasteiger partial charge on any atom is -0.398 e. The monoisotopic (exact) mass is 292 g/mol. The van der Waals surface area contributed by atoms with Gasteiger partial charge in [-0.2, -0.15) is 10.2 Å². The zero-order valence-corrected chi connectivity index (χ0v) is 10.3. The summed E-state index contributed by atoms with van der Waals surface area (Å²) in [7, 11) is 0. The third-order valence-electron chi connectivity index (χ3n) is 2.10. The van der Waals surface area contributed by atoms with Crippen molar-refractivity contribution in [1.82, 2.24) is 10.2 Å². The second kappa shape index (κ2) is 4.92. The minimum absolute atomic E-state index is 0.239. The Kier molecular flexibility index (Phi) is 3.34. The maximum Gasteiger partial charge on any atom is 0.257 e. The molecule has 0 aliphatic rings. The topological polar surface area (TPSA) is 80.9 Å². The predicted octanol–water partition coefficient (Wildman–Crippen LogP) is 2.07. The normalized spacial score (nSPS) is 9.94. The second-order valence-electron chi connectivity index (χ2n) is 3.32. The lowest BCUT2D eigenvalue weighted by atomic mass is 10.2. The first-order chi connectivity index (χ1) is 8.16. The molecule has 0 saturated heterocycles. The highest BCUT2D eigenvalue weighted by Crippen LogP contribution is 2.23. The lowest BCUT2D eigenvalue weighted by Crippen LogP contribution is -2.12. The first kappa shape index (κ1) is 11.5. The number of halogens is 1. The van der Waals surface area contributed by atoms with Gasteiger partial charge >= 0.3 is 0 Å². The molecule has 0 fully saturated rings. The molecule has 2 rings (SSSR count). The van der Waals surface area contributed by atoms with Gasteiger partial charge in [0.25, 0.3) is 5.91 Å². The number of nitrogens with zero attached hydrogens (tertiary/aromatic N) is 2. The largest absolute Gasteiger partial charge is 0.398 e. The molecule has 1 aromatic carbocycles. The molecule has 2 aromatic rings. The Labute approximate surface area is 106 Å². The molecule has 0 aliphatic carbocycles. The summed E-state index contributed by atoms with van der Waals surface area (Å²) in [6.07, 6.45) is 2.87. The molecular weight excluding hydrogens is 284 g/mol. The van der Waals surface area contributed by atoms with Crippen molar-refractivity contribution in [2.45, 2.75) is 0 Å². The molecule has 17 heavy (non-hydrogen) atoms. The number of nitrogens with two attached hydrogens (primary N) is 1. The van der Waals surface area contributed by atoms with E-state index in [1.807, 2.05) is 0 Å². The van der Waals surface area contributed by atoms with E-state index in [4.69, 9.17) is 5.73 Å². The molecule has 0 spiro atoms. The maximum absolute atomic E-state index is 11.8. The summed E-state index contributed by atoms with van der Waals surface area (Å²) < 4.78 is 0.739. The molecule has 0 unspecified atom stereocenters. The Balaban J connectivity index is 2.16. The van der Waals surface area contributed by atoms with Crippen molar-refractivity contribution in [3.63, 3.8) is 0 Å². The van der Waals surface area contributed by atoms with Gasteiger partial charge in [-0.25, -0.2) is 0 Å². The van der Waals surface area contributed by atoms with Gasteiger partial charge in [0.15, 0.2) is 0 Å². The van der Waals surface area contributed by atoms with E-state index in [1.165, 1.54) is 12.4 Å². The van der Waals surface area contributed by atoms with Crippen molar-refractivity contribution >= 4 is 33.2 Å². The summed E-state index contributed by atoms with van der Waals surface area (Å²) in [5.74, 6) is -0.239. The first-order valence-corrected chi connectivity index (χ1v) is 5.59. The van der Waals surface area contributed by atoms with Crippen LogP contribution in [0.2, 0.25) is 0 Å². The average Bonchev–Trinajstić information content (AvgIpc) is 2.35. The smallest absolute Gasteiger partial charge is 0.257 e. The van der Waals surface area contributed by atoms with Crippen LogP contribution in [0.25, 0.3) is 0 Å². The average molecular weight is 293 g/mol. The minimum atomic E-state index is -0.239. The SMILES string of the molecule is Nc1ccc(NC(=O)c2ccnnc2)cc1Br. The summed E-state index contributed by atoms with van der Waals surface area (Å²) in [6.45, 7) is 0. The molecule has 1 aromatic heterocycles. The van der Waals surface area contributed by atoms with Gasteiger partial charge in [-0.1, -0.05) is 0 Å². The molecule has 0 saturated carbocycles. The molecule has 0 atom stereocenters. The Morgan fingerprint density at radius 1 is 1.29 bits per heavy atom. The Hall–Kier alpha value is -1.95. The first-order valence-electron chi connectivity index (χ1n) is 4.80. The highest BCUT2D eigenvalue weighted by Gasteiger charge is 2.06. The summed E-state index contributed by atoms with van der Waals surface area (Å²) in [5.41, 5.74) is 7.38. The summed E-state index contributed by atoms with van der Waals surface area (Å²) in [6, 6.07) is 6.77. The highest BCUT2D eigenvalue weighted by molar-refractivity contribution is 9.10. The van der Waals surface area contributed by atoms with Crippen molar-refractivity contribution in [2.24, 2.45) is 0 Å². The van der Waals surface area contributed by atoms with E-state index in [0.29, 0.717) is 16.9 Å². The summed E-state index contributed by atoms with van der Waals surface area (Å²) in [5, 5.41) is 9.98. The van der Waals surface area contributed by atoms with E-state index in [1.54, 1.807) is 24.3 Å². The number of rotatable bonds is 2. The van der Waals surface area contributed by atoms with Crippen LogP contribution in [0.5, 0.6) is 0 Å². The second-order valence-corrected chi connectivity index (χ2v) is 4.18. The molecule has 3 N–H and O–H groups in total. The molecule has 0 bridgehead atoms. The fourth-order valence-electron chi connectivity index (χ4n) is 1.23. The van der Waals surface area contributed by atoms with Crippen molar-refractivity contribution in [3.8, 4) is 0 Å². The lowest BCUT2D eigenvalue weighted by Gasteiger charge is -2.06. The number of carbonyl (C=O) groups is 1. The fraction of sp³-hybridized carbons (Fsp3) is 0. The molecule has 5 nitrogen and oxygen atoms in total. The van der Waals surface area contributed by atoms with Crippen LogP contribution < -0.4 is 11.1 Å². The van der Waals surface area contributed by atoms with Crippen molar-refractivity contribution < 1.29 is 4.79 Å². The highest BCUT2D eigenvalue weighted by atomic mass is 79.9. The number of hydrogen-bond acceptors (Lipinski definition) is 4. The van der Waals surface area contributed by atoms with Crippen LogP contribution in [-0.4, -0.2) is 16.1 Å². The zero-order chi connectivity index (χ0) is 12.3. The van der Waals surface area contributed by atoms with Gasteiger partial charge in [0.05, 0.1) is 18.0 Å². The van der Waals surface area contributed by atoms with Gasteiger partial charge in [-0.15, -0.1) is 0 Å². The third-order valence-corrected chi connectivity index (χ3v) is 2.79. The Morgan fingerprint density at radius 3 is 2.76 bits per heavy atom. The van der Waals surface area contributed by atoms with E-state index in [2.05, 4.69) is 31.4 Å². The number of amides is 1. The fourth-order valence-corrected chi connectivity index (χ4v) is 1.61. The molecule has 86 valence electrons. The van der Waals surface area contributed by atoms with Gasteiger partial charge in [0.2, 0.25) is 0 Å². The van der Waals surface area contributed by atoms with Gasteiger partial charge < -0.3 is 11.1 Å². The molecule has 1 amide bonds. The maximum atomic E-state index is 11.8. The van der Waals surface area contributed by atoms with Crippen molar-refractivity contribution in [1.29, 1.82) is 0 Å². The van der Waals surface area contributed by atoms with Crippen molar-refractivity contribution in [3.05, 3.63) is 46.7 Å². The van der Waals surface area contributed by atoms with Crippen LogP contribution in [-0.2, 0) is 0 Å². The van der Waals surface area contributed by atoms with Crippen LogP contribution >= 0.6 is 15.9 Å². The van der Waals surface area contributed by atoms with Crippen LogP contribution in [0.3, 0.4) is 0 Å². The van der Waals surface area contributed by atoms with Crippen LogP contribution in [0, 0.1) is 0 Å². The van der Waals surface area contributed by atoms with Gasteiger partial charge in [-0.05, 0) is 40.2 Å². The third kappa shape index (κ3) is 2.79. The van der Waals surface area contributed by atoms with E-state index >= 15 is 0 Å². The summed E-state index contributed by atoms with van der Waals surface area (Å²) in [4.78, 5) is 11.8. The van der Waals surface area contributed by atoms with E-state index in [-0.39, 0.29) is 5.91 Å². The zero-order valence-electron chi connectivity index (χ0n) is 8.72. The molecule has 6 heteroatoms. The number of aromatic nitrogens is 2. The Morgan fingerprint density at radius 2 is 2.12 bits per heavy atom. The number of hydrogen-bond donors (Lipinski definition) is 2. The number of anilines is 2.